The lowest BCUT2D eigenvalue weighted by atomic mass is 10.1. The van der Waals surface area contributed by atoms with Crippen LogP contribution in [0.2, 0.25) is 4.34 Å². The van der Waals surface area contributed by atoms with Gasteiger partial charge in [-0.05, 0) is 109 Å². The fourth-order valence-corrected chi connectivity index (χ4v) is 9.06. The number of anilines is 2. The third-order valence-electron chi connectivity index (χ3n) is 8.24. The first-order valence-corrected chi connectivity index (χ1v) is 20.1. The van der Waals surface area contributed by atoms with E-state index in [1.165, 1.54) is 22.7 Å². The molecule has 0 radical (unpaired) electrons. The Labute approximate surface area is 335 Å². The van der Waals surface area contributed by atoms with Crippen LogP contribution in [0.5, 0.6) is 0 Å². The number of Topliss-reactive ketones (excluding diaryl/α,β-unsaturated/α-hetero) is 2. The zero-order valence-corrected chi connectivity index (χ0v) is 33.1. The normalized spacial score (nSPS) is 10.9. The number of hydrogen-bond acceptors (Lipinski definition) is 10. The van der Waals surface area contributed by atoms with Gasteiger partial charge in [0.25, 0.3) is 23.4 Å². The first kappa shape index (κ1) is 37.6. The summed E-state index contributed by atoms with van der Waals surface area (Å²) in [7, 11) is 0. The Morgan fingerprint density at radius 3 is 1.60 bits per heavy atom. The van der Waals surface area contributed by atoms with Gasteiger partial charge in [-0.25, -0.2) is 4.85 Å². The van der Waals surface area contributed by atoms with Gasteiger partial charge in [0.15, 0.2) is 0 Å². The van der Waals surface area contributed by atoms with Crippen LogP contribution < -0.4 is 10.6 Å². The number of amides is 2. The lowest BCUT2D eigenvalue weighted by Gasteiger charge is -2.02. The molecule has 0 saturated heterocycles. The van der Waals surface area contributed by atoms with Gasteiger partial charge in [0.1, 0.15) is 10.0 Å². The molecule has 55 heavy (non-hydrogen) atoms. The van der Waals surface area contributed by atoms with Crippen molar-refractivity contribution < 1.29 is 19.2 Å². The van der Waals surface area contributed by atoms with Crippen molar-refractivity contribution >= 4 is 107 Å². The molecule has 11 nitrogen and oxygen atoms in total. The highest BCUT2D eigenvalue weighted by Crippen LogP contribution is 2.29. The molecule has 2 amide bonds. The fraction of sp³-hybridized carbons (Fsp3) is 0.103. The highest BCUT2D eigenvalue weighted by atomic mass is 35.5. The van der Waals surface area contributed by atoms with E-state index in [1.54, 1.807) is 30.3 Å². The predicted molar refractivity (Wildman–Crippen MR) is 220 cm³/mol. The highest BCUT2D eigenvalue weighted by molar-refractivity contribution is 7.16. The minimum Gasteiger partial charge on any atom is -0.320 e. The summed E-state index contributed by atoms with van der Waals surface area (Å²) in [6, 6.07) is 25.6. The number of ketones is 2. The molecule has 8 aromatic rings. The molecule has 0 bridgehead atoms. The number of fused-ring (bicyclic) bond motifs is 2. The van der Waals surface area contributed by atoms with E-state index in [4.69, 9.17) is 18.2 Å². The number of nitrogens with one attached hydrogen (secondary N) is 2. The van der Waals surface area contributed by atoms with E-state index in [0.717, 1.165) is 59.9 Å². The lowest BCUT2D eigenvalue weighted by molar-refractivity contribution is -0.113. The van der Waals surface area contributed by atoms with Crippen molar-refractivity contribution in [2.24, 2.45) is 0 Å². The molecule has 16 heteroatoms. The molecule has 0 atom stereocenters. The second kappa shape index (κ2) is 16.3. The van der Waals surface area contributed by atoms with Gasteiger partial charge < -0.3 is 19.4 Å². The van der Waals surface area contributed by atoms with Crippen LogP contribution in [0.4, 0.5) is 15.0 Å². The Balaban J connectivity index is 0.000000169. The summed E-state index contributed by atoms with van der Waals surface area (Å²) in [4.78, 5) is 56.0. The number of carbonyl (C=O) groups is 4. The van der Waals surface area contributed by atoms with Crippen molar-refractivity contribution in [2.75, 3.05) is 10.6 Å². The molecule has 0 fully saturated rings. The van der Waals surface area contributed by atoms with Gasteiger partial charge in [-0.2, -0.15) is 20.1 Å². The highest BCUT2D eigenvalue weighted by Gasteiger charge is 2.24. The number of aromatic nitrogens is 4. The average molecular weight is 822 g/mol. The summed E-state index contributed by atoms with van der Waals surface area (Å²) < 4.78 is 12.8. The Morgan fingerprint density at radius 2 is 1.18 bits per heavy atom. The summed E-state index contributed by atoms with van der Waals surface area (Å²) >= 11 is 11.2. The van der Waals surface area contributed by atoms with Crippen LogP contribution in [-0.2, 0) is 22.4 Å². The zero-order chi connectivity index (χ0) is 38.6. The van der Waals surface area contributed by atoms with Crippen molar-refractivity contribution in [3.63, 3.8) is 0 Å². The van der Waals surface area contributed by atoms with Crippen LogP contribution in [0.3, 0.4) is 0 Å². The zero-order valence-electron chi connectivity index (χ0n) is 29.0. The van der Waals surface area contributed by atoms with E-state index in [2.05, 4.69) is 24.2 Å². The number of rotatable bonds is 10. The Morgan fingerprint density at radius 1 is 0.691 bits per heavy atom. The minimum atomic E-state index is -0.682. The van der Waals surface area contributed by atoms with Crippen LogP contribution in [-0.4, -0.2) is 40.9 Å². The maximum Gasteiger partial charge on any atom is 0.297 e. The van der Waals surface area contributed by atoms with Crippen molar-refractivity contribution in [3.05, 3.63) is 157 Å². The van der Waals surface area contributed by atoms with E-state index in [1.807, 2.05) is 89.6 Å². The smallest absolute Gasteiger partial charge is 0.297 e. The van der Waals surface area contributed by atoms with Crippen LogP contribution >= 0.6 is 57.3 Å². The molecular formula is C39H28ClN7O4S4. The van der Waals surface area contributed by atoms with Crippen LogP contribution in [0.15, 0.2) is 97.3 Å². The molecule has 0 aliphatic rings. The number of halogens is 1. The topological polar surface area (TPSA) is 131 Å². The molecule has 0 aliphatic carbocycles. The van der Waals surface area contributed by atoms with Gasteiger partial charge in [0.05, 0.1) is 44.5 Å². The molecule has 2 N–H and O–H groups in total. The molecule has 0 spiro atoms. The van der Waals surface area contributed by atoms with Crippen LogP contribution in [0, 0.1) is 20.4 Å². The van der Waals surface area contributed by atoms with Crippen molar-refractivity contribution in [3.8, 4) is 0 Å². The Hall–Kier alpha value is -5.76. The Bertz CT molecular complexity index is 2780. The standard InChI is InChI=1S/C20H14N4O2S2.C19H14ClN3O2S2/c1-12-9-18(28-23-12)22-20(26)19(25)15-11-13(24-8-4-3-5-16(15)24)10-14-6-7-17(21-2)27-14;1-11-8-17(27-22-11)21-19(25)18(24)14-10-12(9-13-5-6-16(20)26-13)23-7-3-2-4-15(14)23/h3-9,11H,10H2,1H3,(H,22,26);2-8,10H,9H2,1H3,(H,21,25). The number of thiophene rings is 2. The monoisotopic (exact) mass is 821 g/mol. The van der Waals surface area contributed by atoms with Gasteiger partial charge in [-0.15, -0.1) is 11.3 Å². The predicted octanol–water partition coefficient (Wildman–Crippen LogP) is 9.56. The molecule has 0 saturated carbocycles. The van der Waals surface area contributed by atoms with E-state index in [9.17, 15) is 19.2 Å². The SMILES string of the molecule is Cc1cc(NC(=O)C(=O)c2cc(Cc3ccc(Cl)s3)n3ccccc23)sn1.[C-]#[N+]c1ccc(Cc2cc(C(=O)C(=O)Nc3cc(C)ns3)c3ccccn23)s1. The maximum absolute atomic E-state index is 12.8. The van der Waals surface area contributed by atoms with Crippen LogP contribution in [0.25, 0.3) is 15.9 Å². The van der Waals surface area contributed by atoms with Gasteiger partial charge in [0.2, 0.25) is 5.00 Å². The largest absolute Gasteiger partial charge is 0.320 e. The van der Waals surface area contributed by atoms with E-state index >= 15 is 0 Å². The first-order chi connectivity index (χ1) is 26.6. The first-order valence-electron chi connectivity index (χ1n) is 16.5. The number of carbonyl (C=O) groups excluding carboxylic acids is 4. The third-order valence-corrected chi connectivity index (χ3v) is 12.0. The lowest BCUT2D eigenvalue weighted by Crippen LogP contribution is -2.22. The summed E-state index contributed by atoms with van der Waals surface area (Å²) in [5.74, 6) is -2.51. The molecule has 8 rings (SSSR count). The number of pyridine rings is 2. The number of nitrogens with zero attached hydrogens (tertiary/aromatic N) is 5. The summed E-state index contributed by atoms with van der Waals surface area (Å²) in [5, 5.41) is 6.99. The third kappa shape index (κ3) is 8.49. The summed E-state index contributed by atoms with van der Waals surface area (Å²) in [5.41, 5.74) is 5.53. The van der Waals surface area contributed by atoms with E-state index < -0.39 is 23.4 Å². The molecule has 8 aromatic heterocycles. The summed E-state index contributed by atoms with van der Waals surface area (Å²) in [6.45, 7) is 10.8. The maximum atomic E-state index is 12.8. The van der Waals surface area contributed by atoms with E-state index in [0.29, 0.717) is 50.0 Å². The average Bonchev–Trinajstić information content (AvgIpc) is 4.05. The van der Waals surface area contributed by atoms with Crippen molar-refractivity contribution in [1.82, 2.24) is 17.5 Å². The van der Waals surface area contributed by atoms with E-state index in [-0.39, 0.29) is 0 Å². The van der Waals surface area contributed by atoms with Crippen LogP contribution in [0.1, 0.15) is 53.2 Å². The van der Waals surface area contributed by atoms with Gasteiger partial charge in [-0.3, -0.25) is 19.2 Å². The van der Waals surface area contributed by atoms with Crippen molar-refractivity contribution in [2.45, 2.75) is 26.7 Å². The second-order valence-corrected chi connectivity index (χ2v) is 16.7. The second-order valence-electron chi connectivity index (χ2n) is 12.2. The van der Waals surface area contributed by atoms with Gasteiger partial charge in [-0.1, -0.05) is 29.8 Å². The molecule has 8 heterocycles. The molecule has 0 aliphatic heterocycles. The van der Waals surface area contributed by atoms with Gasteiger partial charge >= 0.3 is 0 Å². The Kier molecular flexibility index (Phi) is 11.1. The summed E-state index contributed by atoms with van der Waals surface area (Å²) in [6.07, 6.45) is 4.97. The molecule has 274 valence electrons. The molecular weight excluding hydrogens is 794 g/mol. The molecule has 0 aromatic carbocycles. The minimum absolute atomic E-state index is 0.358. The molecule has 0 unspecified atom stereocenters. The quantitative estimate of drug-likeness (QED) is 0.0803. The fourth-order valence-electron chi connectivity index (χ4n) is 5.83. The van der Waals surface area contributed by atoms with Gasteiger partial charge in [0, 0.05) is 41.5 Å². The number of hydrogen-bond donors (Lipinski definition) is 2. The number of aryl methyl sites for hydroxylation is 2. The van der Waals surface area contributed by atoms with Crippen molar-refractivity contribution in [1.29, 1.82) is 0 Å².